The van der Waals surface area contributed by atoms with Gasteiger partial charge in [-0.15, -0.1) is 0 Å². The molecule has 4 aromatic heterocycles. The van der Waals surface area contributed by atoms with E-state index in [1.165, 1.54) is 10.8 Å². The van der Waals surface area contributed by atoms with Gasteiger partial charge in [-0.25, -0.2) is 15.0 Å². The maximum absolute atomic E-state index is 6.83. The second kappa shape index (κ2) is 14.0. The quantitative estimate of drug-likeness (QED) is 0.167. The highest BCUT2D eigenvalue weighted by Crippen LogP contribution is 2.44. The van der Waals surface area contributed by atoms with Gasteiger partial charge >= 0.3 is 0 Å². The molecule has 0 atom stereocenters. The maximum atomic E-state index is 6.83. The Kier molecular flexibility index (Phi) is 7.80. The van der Waals surface area contributed by atoms with E-state index in [4.69, 9.17) is 23.8 Å². The summed E-state index contributed by atoms with van der Waals surface area (Å²) in [5.74, 6) is 1.67. The predicted molar refractivity (Wildman–Crippen MR) is 256 cm³/mol. The number of benzene rings is 9. The van der Waals surface area contributed by atoms with Gasteiger partial charge in [-0.05, 0) is 59.2 Å². The zero-order chi connectivity index (χ0) is 41.4. The Morgan fingerprint density at radius 3 is 1.51 bits per heavy atom. The summed E-state index contributed by atoms with van der Waals surface area (Å²) < 4.78 is 15.6. The first kappa shape index (κ1) is 35.2. The zero-order valence-corrected chi connectivity index (χ0v) is 33.7. The van der Waals surface area contributed by atoms with E-state index >= 15 is 0 Å². The Morgan fingerprint density at radius 1 is 0.317 bits per heavy atom. The molecule has 0 N–H and O–H groups in total. The fraction of sp³-hybridized carbons (Fsp3) is 0. The number of para-hydroxylation sites is 4. The number of nitrogens with zero attached hydrogens (tertiary/aromatic N) is 4. The van der Waals surface area contributed by atoms with Crippen LogP contribution in [0, 0.1) is 0 Å². The third-order valence-corrected chi connectivity index (χ3v) is 12.3. The third-order valence-electron chi connectivity index (χ3n) is 12.3. The van der Waals surface area contributed by atoms with Crippen molar-refractivity contribution in [1.29, 1.82) is 0 Å². The van der Waals surface area contributed by atoms with Crippen LogP contribution in [0.3, 0.4) is 0 Å². The summed E-state index contributed by atoms with van der Waals surface area (Å²) in [5, 5.41) is 6.45. The number of fused-ring (bicyclic) bond motifs is 9. The molecule has 0 unspecified atom stereocenters. The fourth-order valence-electron chi connectivity index (χ4n) is 9.50. The summed E-state index contributed by atoms with van der Waals surface area (Å²) in [4.78, 5) is 16.1. The number of aromatic nitrogens is 4. The van der Waals surface area contributed by atoms with Crippen LogP contribution >= 0.6 is 0 Å². The highest BCUT2D eigenvalue weighted by molar-refractivity contribution is 6.14. The SMILES string of the molecule is c1ccc(-c2ccccc2-c2nc(-c3ccccc3-c3cc(-n4c5ccccc5c5ccccc54)cc4c3oc3ccccc34)nc(-c3cccc4oc5ccccc5c34)n2)cc1. The summed E-state index contributed by atoms with van der Waals surface area (Å²) in [5.41, 5.74) is 13.1. The lowest BCUT2D eigenvalue weighted by Crippen LogP contribution is -2.02. The molecule has 0 saturated heterocycles. The monoisotopic (exact) mass is 806 g/mol. The van der Waals surface area contributed by atoms with Gasteiger partial charge in [0.25, 0.3) is 0 Å². The largest absolute Gasteiger partial charge is 0.456 e. The second-order valence-corrected chi connectivity index (χ2v) is 15.9. The van der Waals surface area contributed by atoms with Gasteiger partial charge in [0.2, 0.25) is 0 Å². The van der Waals surface area contributed by atoms with Crippen molar-refractivity contribution in [2.24, 2.45) is 0 Å². The molecule has 0 radical (unpaired) electrons. The molecule has 0 aliphatic heterocycles. The van der Waals surface area contributed by atoms with E-state index in [9.17, 15) is 0 Å². The van der Waals surface area contributed by atoms with Crippen molar-refractivity contribution >= 4 is 65.7 Å². The lowest BCUT2D eigenvalue weighted by atomic mass is 9.96. The Morgan fingerprint density at radius 2 is 0.810 bits per heavy atom. The Balaban J connectivity index is 1.10. The van der Waals surface area contributed by atoms with E-state index in [-0.39, 0.29) is 0 Å². The summed E-state index contributed by atoms with van der Waals surface area (Å²) in [6.45, 7) is 0. The molecule has 6 heteroatoms. The van der Waals surface area contributed by atoms with Gasteiger partial charge in [-0.1, -0.05) is 164 Å². The van der Waals surface area contributed by atoms with Crippen molar-refractivity contribution in [1.82, 2.24) is 19.5 Å². The zero-order valence-electron chi connectivity index (χ0n) is 33.7. The van der Waals surface area contributed by atoms with Crippen LogP contribution in [0.2, 0.25) is 0 Å². The minimum Gasteiger partial charge on any atom is -0.456 e. The van der Waals surface area contributed by atoms with E-state index in [1.54, 1.807) is 0 Å². The first-order chi connectivity index (χ1) is 31.2. The normalized spacial score (nSPS) is 11.8. The minimum absolute atomic E-state index is 0.546. The van der Waals surface area contributed by atoms with Gasteiger partial charge in [0, 0.05) is 60.3 Å². The van der Waals surface area contributed by atoms with Crippen LogP contribution in [-0.4, -0.2) is 19.5 Å². The van der Waals surface area contributed by atoms with E-state index < -0.39 is 0 Å². The van der Waals surface area contributed by atoms with Crippen molar-refractivity contribution in [2.75, 3.05) is 0 Å². The lowest BCUT2D eigenvalue weighted by molar-refractivity contribution is 0.669. The molecule has 9 aromatic carbocycles. The van der Waals surface area contributed by atoms with Crippen molar-refractivity contribution in [2.45, 2.75) is 0 Å². The molecule has 294 valence electrons. The first-order valence-corrected chi connectivity index (χ1v) is 21.1. The molecule has 0 fully saturated rings. The summed E-state index contributed by atoms with van der Waals surface area (Å²) >= 11 is 0. The van der Waals surface area contributed by atoms with Crippen LogP contribution in [0.25, 0.3) is 128 Å². The van der Waals surface area contributed by atoms with Gasteiger partial charge in [-0.2, -0.15) is 0 Å². The molecule has 13 rings (SSSR count). The molecular formula is C57H34N4O2. The van der Waals surface area contributed by atoms with Crippen molar-refractivity contribution in [3.05, 3.63) is 206 Å². The van der Waals surface area contributed by atoms with Crippen molar-refractivity contribution < 1.29 is 8.83 Å². The van der Waals surface area contributed by atoms with Gasteiger partial charge in [0.1, 0.15) is 22.3 Å². The van der Waals surface area contributed by atoms with Crippen LogP contribution in [0.5, 0.6) is 0 Å². The van der Waals surface area contributed by atoms with E-state index in [0.29, 0.717) is 17.5 Å². The highest BCUT2D eigenvalue weighted by Gasteiger charge is 2.24. The molecule has 0 bridgehead atoms. The lowest BCUT2D eigenvalue weighted by Gasteiger charge is -2.15. The highest BCUT2D eigenvalue weighted by atomic mass is 16.3. The Hall–Kier alpha value is -8.61. The van der Waals surface area contributed by atoms with Gasteiger partial charge < -0.3 is 13.4 Å². The van der Waals surface area contributed by atoms with Gasteiger partial charge in [0.05, 0.1) is 11.0 Å². The van der Waals surface area contributed by atoms with Crippen molar-refractivity contribution in [3.8, 4) is 62.1 Å². The average Bonchev–Trinajstić information content (AvgIpc) is 4.04. The van der Waals surface area contributed by atoms with E-state index in [2.05, 4.69) is 156 Å². The second-order valence-electron chi connectivity index (χ2n) is 15.9. The molecule has 63 heavy (non-hydrogen) atoms. The smallest absolute Gasteiger partial charge is 0.164 e. The minimum atomic E-state index is 0.546. The standard InChI is InChI=1S/C57H34N4O2/c1-2-17-35(18-3-1)37-19-4-6-24-42(37)55-58-56(60-57(59-55)45-27-16-32-52-53(45)44-26-11-15-31-51(44)62-52)43-25-7-5-20-38(43)46-33-36(34-47-41-23-10-14-30-50(41)63-54(46)47)61-48-28-12-8-21-39(48)40-22-9-13-29-49(40)61/h1-34H. The van der Waals surface area contributed by atoms with Crippen LogP contribution in [0.1, 0.15) is 0 Å². The Bertz CT molecular complexity index is 3880. The Labute approximate surface area is 361 Å². The number of furan rings is 2. The van der Waals surface area contributed by atoms with E-state index in [1.807, 2.05) is 54.6 Å². The fourth-order valence-corrected chi connectivity index (χ4v) is 9.50. The molecular weight excluding hydrogens is 773 g/mol. The van der Waals surface area contributed by atoms with Crippen LogP contribution < -0.4 is 0 Å². The molecule has 0 aliphatic carbocycles. The maximum Gasteiger partial charge on any atom is 0.164 e. The van der Waals surface area contributed by atoms with E-state index in [0.717, 1.165) is 99.5 Å². The average molecular weight is 807 g/mol. The molecule has 0 spiro atoms. The molecule has 0 saturated carbocycles. The summed E-state index contributed by atoms with van der Waals surface area (Å²) in [6.07, 6.45) is 0. The van der Waals surface area contributed by atoms with Gasteiger partial charge in [-0.3, -0.25) is 0 Å². The summed E-state index contributed by atoms with van der Waals surface area (Å²) in [6, 6.07) is 71.4. The topological polar surface area (TPSA) is 69.9 Å². The van der Waals surface area contributed by atoms with Crippen LogP contribution in [0.4, 0.5) is 0 Å². The first-order valence-electron chi connectivity index (χ1n) is 21.1. The van der Waals surface area contributed by atoms with Crippen molar-refractivity contribution in [3.63, 3.8) is 0 Å². The molecule has 0 aliphatic rings. The molecule has 13 aromatic rings. The predicted octanol–water partition coefficient (Wildman–Crippen LogP) is 15.1. The number of hydrogen-bond donors (Lipinski definition) is 0. The number of hydrogen-bond acceptors (Lipinski definition) is 5. The molecule has 4 heterocycles. The summed E-state index contributed by atoms with van der Waals surface area (Å²) in [7, 11) is 0. The number of rotatable bonds is 6. The van der Waals surface area contributed by atoms with Gasteiger partial charge in [0.15, 0.2) is 17.5 Å². The molecule has 6 nitrogen and oxygen atoms in total. The molecule has 0 amide bonds. The van der Waals surface area contributed by atoms with Crippen LogP contribution in [0.15, 0.2) is 215 Å². The third kappa shape index (κ3) is 5.55. The van der Waals surface area contributed by atoms with Crippen LogP contribution in [-0.2, 0) is 0 Å².